The van der Waals surface area contributed by atoms with Gasteiger partial charge in [0.15, 0.2) is 6.61 Å². The van der Waals surface area contributed by atoms with Crippen molar-refractivity contribution in [2.75, 3.05) is 46.5 Å². The first kappa shape index (κ1) is 38.9. The van der Waals surface area contributed by atoms with Crippen molar-refractivity contribution in [3.63, 3.8) is 0 Å². The fourth-order valence-corrected chi connectivity index (χ4v) is 6.75. The van der Waals surface area contributed by atoms with Crippen LogP contribution in [0.2, 0.25) is 0 Å². The third kappa shape index (κ3) is 10.4. The number of aryl methyl sites for hydroxylation is 2. The molecule has 2 aliphatic rings. The fourth-order valence-electron chi connectivity index (χ4n) is 6.75. The minimum Gasteiger partial charge on any atom is -0.484 e. The van der Waals surface area contributed by atoms with Crippen molar-refractivity contribution in [1.29, 1.82) is 0 Å². The maximum Gasteiger partial charge on any atom is 0.258 e. The normalized spacial score (nSPS) is 21.5. The second-order valence-corrected chi connectivity index (χ2v) is 14.2. The van der Waals surface area contributed by atoms with Crippen molar-refractivity contribution in [2.24, 2.45) is 5.92 Å². The van der Waals surface area contributed by atoms with E-state index in [4.69, 9.17) is 9.47 Å². The first-order valence-corrected chi connectivity index (χ1v) is 18.1. The van der Waals surface area contributed by atoms with Crippen LogP contribution in [0.4, 0.5) is 0 Å². The van der Waals surface area contributed by atoms with E-state index in [1.54, 1.807) is 29.3 Å². The second-order valence-electron chi connectivity index (χ2n) is 14.2. The Hall–Kier alpha value is -5.30. The summed E-state index contributed by atoms with van der Waals surface area (Å²) >= 11 is 0. The molecule has 3 N–H and O–H groups in total. The molecular weight excluding hydrogens is 676 g/mol. The van der Waals surface area contributed by atoms with Gasteiger partial charge in [-0.2, -0.15) is 0 Å². The van der Waals surface area contributed by atoms with Gasteiger partial charge in [0.05, 0.1) is 24.8 Å². The average molecular weight is 727 g/mol. The molecule has 1 saturated heterocycles. The van der Waals surface area contributed by atoms with E-state index in [9.17, 15) is 24.0 Å². The fraction of sp³-hybridized carbons (Fsp3) is 0.450. The highest BCUT2D eigenvalue weighted by atomic mass is 16.5. The Kier molecular flexibility index (Phi) is 13.2. The zero-order valence-electron chi connectivity index (χ0n) is 31.1. The lowest BCUT2D eigenvalue weighted by atomic mass is 9.93. The monoisotopic (exact) mass is 726 g/mol. The molecule has 13 heteroatoms. The van der Waals surface area contributed by atoms with Gasteiger partial charge < -0.3 is 35.2 Å². The maximum absolute atomic E-state index is 14.3. The number of methoxy groups -OCH3 is 1. The molecule has 0 spiro atoms. The summed E-state index contributed by atoms with van der Waals surface area (Å²) < 4.78 is 11.2. The Bertz CT molecular complexity index is 1780. The Balaban J connectivity index is 1.51. The molecule has 53 heavy (non-hydrogen) atoms. The van der Waals surface area contributed by atoms with Crippen molar-refractivity contribution in [2.45, 2.75) is 64.6 Å². The number of nitrogens with zero attached hydrogens (tertiary/aromatic N) is 3. The highest BCUT2D eigenvalue weighted by Crippen LogP contribution is 2.31. The van der Waals surface area contributed by atoms with Crippen LogP contribution < -0.4 is 20.7 Å². The average Bonchev–Trinajstić information content (AvgIpc) is 3.56. The molecule has 1 fully saturated rings. The summed E-state index contributed by atoms with van der Waals surface area (Å²) in [6, 6.07) is 15.9. The van der Waals surface area contributed by atoms with Crippen molar-refractivity contribution in [3.8, 4) is 5.75 Å². The molecule has 13 nitrogen and oxygen atoms in total. The number of pyridine rings is 1. The number of ether oxygens (including phenoxy) is 2. The van der Waals surface area contributed by atoms with E-state index >= 15 is 0 Å². The van der Waals surface area contributed by atoms with Crippen LogP contribution in [0.25, 0.3) is 0 Å². The van der Waals surface area contributed by atoms with Gasteiger partial charge in [0.25, 0.3) is 11.8 Å². The van der Waals surface area contributed by atoms with E-state index in [2.05, 4.69) is 20.9 Å². The van der Waals surface area contributed by atoms with E-state index in [0.29, 0.717) is 24.3 Å². The number of carbonyl (C=O) groups is 5. The van der Waals surface area contributed by atoms with E-state index in [1.807, 2.05) is 70.2 Å². The molecule has 1 aromatic heterocycles. The van der Waals surface area contributed by atoms with Crippen LogP contribution in [-0.2, 0) is 30.3 Å². The molecule has 2 aliphatic heterocycles. The molecule has 0 radical (unpaired) electrons. The molecule has 5 amide bonds. The summed E-state index contributed by atoms with van der Waals surface area (Å²) in [6.07, 6.45) is 2.09. The lowest BCUT2D eigenvalue weighted by Gasteiger charge is -2.29. The van der Waals surface area contributed by atoms with Gasteiger partial charge in [-0.25, -0.2) is 0 Å². The van der Waals surface area contributed by atoms with Crippen LogP contribution in [0.1, 0.15) is 58.9 Å². The highest BCUT2D eigenvalue weighted by molar-refractivity contribution is 5.95. The first-order valence-electron chi connectivity index (χ1n) is 18.1. The minimum absolute atomic E-state index is 0.0499. The number of nitrogens with one attached hydrogen (secondary N) is 3. The van der Waals surface area contributed by atoms with Crippen molar-refractivity contribution in [3.05, 3.63) is 94.8 Å². The molecule has 4 atom stereocenters. The summed E-state index contributed by atoms with van der Waals surface area (Å²) in [5.41, 5.74) is 3.80. The highest BCUT2D eigenvalue weighted by Gasteiger charge is 2.39. The molecule has 5 rings (SSSR count). The van der Waals surface area contributed by atoms with Crippen molar-refractivity contribution < 1.29 is 33.4 Å². The number of hydrogen-bond acceptors (Lipinski definition) is 8. The zero-order valence-corrected chi connectivity index (χ0v) is 31.1. The summed E-state index contributed by atoms with van der Waals surface area (Å²) in [4.78, 5) is 76.4. The van der Waals surface area contributed by atoms with Crippen molar-refractivity contribution in [1.82, 2.24) is 30.7 Å². The molecule has 282 valence electrons. The number of fused-ring (bicyclic) bond motifs is 4. The zero-order chi connectivity index (χ0) is 38.1. The van der Waals surface area contributed by atoms with Crippen LogP contribution in [0.15, 0.2) is 66.9 Å². The number of rotatable bonds is 8. The van der Waals surface area contributed by atoms with Gasteiger partial charge in [0, 0.05) is 51.0 Å². The molecule has 0 aliphatic carbocycles. The second kappa shape index (κ2) is 18.0. The van der Waals surface area contributed by atoms with Gasteiger partial charge in [-0.1, -0.05) is 56.3 Å². The van der Waals surface area contributed by atoms with Gasteiger partial charge in [0.2, 0.25) is 17.7 Å². The van der Waals surface area contributed by atoms with E-state index in [0.717, 1.165) is 22.4 Å². The molecule has 0 unspecified atom stereocenters. The van der Waals surface area contributed by atoms with Gasteiger partial charge in [-0.15, -0.1) is 0 Å². The SMILES string of the molecule is COCCN1CC(=O)N[C@@H](Cc2ccccc2)C(=O)N[C@H]2CN(C(=O)c3cnc(C)c(C)c3)C[C@@H]2c2cccc(c2)OCC(=O)N[C@H](CC(C)C)C1=O. The number of benzene rings is 2. The smallest absolute Gasteiger partial charge is 0.258 e. The standard InChI is InChI=1S/C40H50N6O7/c1-25(2)16-34-40(51)45(14-15-52-5)23-36(47)42-33(18-28-10-7-6-8-11-28)38(49)44-35-22-46(39(50)30-17-26(3)27(4)41-20-30)21-32(35)29-12-9-13-31(19-29)53-24-37(48)43-34/h6-13,17,19-20,25,32-35H,14-16,18,21-24H2,1-5H3,(H,42,47)(H,43,48)(H,44,49)/t32-,33+,34-,35+/m1/s1. The van der Waals surface area contributed by atoms with Gasteiger partial charge in [-0.05, 0) is 61.1 Å². The van der Waals surface area contributed by atoms with Crippen LogP contribution in [-0.4, -0.2) is 109 Å². The first-order chi connectivity index (χ1) is 25.4. The molecule has 3 heterocycles. The Morgan fingerprint density at radius 3 is 2.42 bits per heavy atom. The summed E-state index contributed by atoms with van der Waals surface area (Å²) in [6.45, 7) is 7.72. The Morgan fingerprint density at radius 1 is 0.943 bits per heavy atom. The topological polar surface area (TPSA) is 159 Å². The minimum atomic E-state index is -1.00. The number of carbonyl (C=O) groups excluding carboxylic acids is 5. The summed E-state index contributed by atoms with van der Waals surface area (Å²) in [5.74, 6) is -1.97. The van der Waals surface area contributed by atoms with Crippen LogP contribution in [0, 0.1) is 19.8 Å². The van der Waals surface area contributed by atoms with Gasteiger partial charge >= 0.3 is 0 Å². The molecule has 2 bridgehead atoms. The number of hydrogen-bond donors (Lipinski definition) is 3. The third-order valence-corrected chi connectivity index (χ3v) is 9.66. The largest absolute Gasteiger partial charge is 0.484 e. The molecular formula is C40H50N6O7. The lowest BCUT2D eigenvalue weighted by molar-refractivity contribution is -0.141. The van der Waals surface area contributed by atoms with Gasteiger partial charge in [0.1, 0.15) is 17.8 Å². The molecule has 3 aromatic rings. The van der Waals surface area contributed by atoms with E-state index in [1.165, 1.54) is 12.0 Å². The maximum atomic E-state index is 14.3. The Morgan fingerprint density at radius 2 is 1.70 bits per heavy atom. The molecule has 2 aromatic carbocycles. The van der Waals surface area contributed by atoms with E-state index < -0.39 is 41.8 Å². The van der Waals surface area contributed by atoms with Crippen molar-refractivity contribution >= 4 is 29.5 Å². The Labute approximate surface area is 310 Å². The van der Waals surface area contributed by atoms with E-state index in [-0.39, 0.29) is 57.0 Å². The lowest BCUT2D eigenvalue weighted by Crippen LogP contribution is -2.56. The number of aromatic nitrogens is 1. The number of likely N-dealkylation sites (tertiary alicyclic amines) is 1. The predicted molar refractivity (Wildman–Crippen MR) is 198 cm³/mol. The predicted octanol–water partition coefficient (Wildman–Crippen LogP) is 2.55. The van der Waals surface area contributed by atoms with Crippen LogP contribution in [0.3, 0.4) is 0 Å². The quantitative estimate of drug-likeness (QED) is 0.320. The van der Waals surface area contributed by atoms with Crippen LogP contribution >= 0.6 is 0 Å². The van der Waals surface area contributed by atoms with Gasteiger partial charge in [-0.3, -0.25) is 29.0 Å². The molecule has 0 saturated carbocycles. The summed E-state index contributed by atoms with van der Waals surface area (Å²) in [7, 11) is 1.50. The number of amides is 5. The third-order valence-electron chi connectivity index (χ3n) is 9.66. The van der Waals surface area contributed by atoms with Crippen LogP contribution in [0.5, 0.6) is 5.75 Å². The summed E-state index contributed by atoms with van der Waals surface area (Å²) in [5, 5.41) is 8.86.